The van der Waals surface area contributed by atoms with Crippen molar-refractivity contribution in [1.82, 2.24) is 0 Å². The second kappa shape index (κ2) is 4.00. The third-order valence-electron chi connectivity index (χ3n) is 2.53. The van der Waals surface area contributed by atoms with E-state index in [0.29, 0.717) is 0 Å². The Balaban J connectivity index is 2.47. The van der Waals surface area contributed by atoms with E-state index in [9.17, 15) is 0 Å². The third-order valence-corrected chi connectivity index (χ3v) is 3.79. The van der Waals surface area contributed by atoms with Crippen molar-refractivity contribution in [1.29, 1.82) is 0 Å². The smallest absolute Gasteiger partial charge is 0.0581 e. The average molecular weight is 195 g/mol. The van der Waals surface area contributed by atoms with Crippen LogP contribution >= 0.6 is 23.2 Å². The van der Waals surface area contributed by atoms with E-state index < -0.39 is 0 Å². The van der Waals surface area contributed by atoms with Crippen LogP contribution in [0.5, 0.6) is 0 Å². The van der Waals surface area contributed by atoms with Crippen LogP contribution in [0.2, 0.25) is 0 Å². The molecule has 11 heavy (non-hydrogen) atoms. The van der Waals surface area contributed by atoms with E-state index in [0.717, 1.165) is 12.8 Å². The lowest BCUT2D eigenvalue weighted by atomic mass is 9.91. The van der Waals surface area contributed by atoms with Gasteiger partial charge in [0.1, 0.15) is 0 Å². The predicted octanol–water partition coefficient (Wildman–Crippen LogP) is 3.95. The quantitative estimate of drug-likeness (QED) is 0.513. The van der Waals surface area contributed by atoms with Crippen molar-refractivity contribution in [3.63, 3.8) is 0 Å². The molecule has 0 aromatic heterocycles. The van der Waals surface area contributed by atoms with Gasteiger partial charge in [-0.05, 0) is 19.8 Å². The summed E-state index contributed by atoms with van der Waals surface area (Å²) in [4.78, 5) is -0.151. The second-order valence-corrected chi connectivity index (χ2v) is 5.09. The summed E-state index contributed by atoms with van der Waals surface area (Å²) in [7, 11) is 0. The minimum absolute atomic E-state index is 0.151. The first-order valence-electron chi connectivity index (χ1n) is 4.46. The molecule has 2 unspecified atom stereocenters. The van der Waals surface area contributed by atoms with Crippen LogP contribution in [-0.4, -0.2) is 10.3 Å². The van der Waals surface area contributed by atoms with Crippen molar-refractivity contribution in [2.45, 2.75) is 55.7 Å². The van der Waals surface area contributed by atoms with E-state index in [1.165, 1.54) is 25.7 Å². The molecule has 66 valence electrons. The van der Waals surface area contributed by atoms with Gasteiger partial charge in [0.15, 0.2) is 0 Å². The zero-order valence-corrected chi connectivity index (χ0v) is 8.59. The summed E-state index contributed by atoms with van der Waals surface area (Å²) in [5, 5.41) is 0.171. The SMILES string of the molecule is CC1(Cl)CCCCCCC1Cl. The minimum Gasteiger partial charge on any atom is -0.121 e. The first kappa shape index (κ1) is 9.67. The lowest BCUT2D eigenvalue weighted by Gasteiger charge is -2.29. The fourth-order valence-corrected chi connectivity index (χ4v) is 2.11. The van der Waals surface area contributed by atoms with Crippen LogP contribution in [-0.2, 0) is 0 Å². The number of hydrogen-bond donors (Lipinski definition) is 0. The Morgan fingerprint density at radius 3 is 2.55 bits per heavy atom. The van der Waals surface area contributed by atoms with Gasteiger partial charge < -0.3 is 0 Å². The molecule has 0 aromatic rings. The fraction of sp³-hybridized carbons (Fsp3) is 1.00. The molecular formula is C9H16Cl2. The highest BCUT2D eigenvalue weighted by atomic mass is 35.5. The van der Waals surface area contributed by atoms with Crippen LogP contribution in [0.15, 0.2) is 0 Å². The Hall–Kier alpha value is 0.580. The Morgan fingerprint density at radius 2 is 1.82 bits per heavy atom. The average Bonchev–Trinajstić information content (AvgIpc) is 1.93. The van der Waals surface area contributed by atoms with Crippen LogP contribution < -0.4 is 0 Å². The highest BCUT2D eigenvalue weighted by molar-refractivity contribution is 6.32. The van der Waals surface area contributed by atoms with Crippen molar-refractivity contribution in [3.05, 3.63) is 0 Å². The summed E-state index contributed by atoms with van der Waals surface area (Å²) in [5.41, 5.74) is 0. The van der Waals surface area contributed by atoms with Gasteiger partial charge in [-0.3, -0.25) is 0 Å². The van der Waals surface area contributed by atoms with E-state index in [-0.39, 0.29) is 10.3 Å². The monoisotopic (exact) mass is 194 g/mol. The molecule has 1 aliphatic carbocycles. The Labute approximate surface area is 79.3 Å². The first-order chi connectivity index (χ1) is 5.13. The van der Waals surface area contributed by atoms with Gasteiger partial charge in [0.05, 0.1) is 10.3 Å². The molecule has 1 saturated carbocycles. The summed E-state index contributed by atoms with van der Waals surface area (Å²) >= 11 is 12.4. The predicted molar refractivity (Wildman–Crippen MR) is 51.6 cm³/mol. The molecule has 0 heterocycles. The van der Waals surface area contributed by atoms with Gasteiger partial charge in [0.25, 0.3) is 0 Å². The van der Waals surface area contributed by atoms with Gasteiger partial charge in [-0.25, -0.2) is 0 Å². The van der Waals surface area contributed by atoms with Gasteiger partial charge in [-0.2, -0.15) is 0 Å². The molecule has 2 atom stereocenters. The molecular weight excluding hydrogens is 179 g/mol. The Bertz CT molecular complexity index is 121. The van der Waals surface area contributed by atoms with Crippen molar-refractivity contribution in [2.24, 2.45) is 0 Å². The number of alkyl halides is 2. The van der Waals surface area contributed by atoms with Crippen LogP contribution in [0.1, 0.15) is 45.4 Å². The standard InChI is InChI=1S/C9H16Cl2/c1-9(11)7-5-3-2-4-6-8(9)10/h8H,2-7H2,1H3. The molecule has 0 amide bonds. The topological polar surface area (TPSA) is 0 Å². The summed E-state index contributed by atoms with van der Waals surface area (Å²) in [5.74, 6) is 0. The first-order valence-corrected chi connectivity index (χ1v) is 5.27. The zero-order chi connectivity index (χ0) is 8.32. The van der Waals surface area contributed by atoms with Gasteiger partial charge >= 0.3 is 0 Å². The zero-order valence-electron chi connectivity index (χ0n) is 7.08. The molecule has 1 rings (SSSR count). The summed E-state index contributed by atoms with van der Waals surface area (Å²) in [6, 6.07) is 0. The summed E-state index contributed by atoms with van der Waals surface area (Å²) < 4.78 is 0. The number of rotatable bonds is 0. The lowest BCUT2D eigenvalue weighted by molar-refractivity contribution is 0.436. The Morgan fingerprint density at radius 1 is 1.18 bits per heavy atom. The van der Waals surface area contributed by atoms with Gasteiger partial charge in [-0.15, -0.1) is 23.2 Å². The second-order valence-electron chi connectivity index (χ2n) is 3.70. The highest BCUT2D eigenvalue weighted by Gasteiger charge is 2.30. The van der Waals surface area contributed by atoms with Crippen molar-refractivity contribution in [3.8, 4) is 0 Å². The maximum atomic E-state index is 6.27. The third kappa shape index (κ3) is 2.83. The summed E-state index contributed by atoms with van der Waals surface area (Å²) in [6.07, 6.45) is 7.30. The molecule has 0 aromatic carbocycles. The maximum absolute atomic E-state index is 6.27. The Kier molecular flexibility index (Phi) is 3.52. The van der Waals surface area contributed by atoms with Gasteiger partial charge in [0, 0.05) is 0 Å². The van der Waals surface area contributed by atoms with E-state index >= 15 is 0 Å². The molecule has 0 aliphatic heterocycles. The summed E-state index contributed by atoms with van der Waals surface area (Å²) in [6.45, 7) is 2.07. The number of halogens is 2. The highest BCUT2D eigenvalue weighted by Crippen LogP contribution is 2.35. The molecule has 0 bridgehead atoms. The van der Waals surface area contributed by atoms with E-state index in [4.69, 9.17) is 23.2 Å². The molecule has 1 aliphatic rings. The molecule has 0 spiro atoms. The van der Waals surface area contributed by atoms with E-state index in [2.05, 4.69) is 6.92 Å². The normalized spacial score (nSPS) is 41.2. The van der Waals surface area contributed by atoms with Crippen molar-refractivity contribution < 1.29 is 0 Å². The molecule has 1 fully saturated rings. The fourth-order valence-electron chi connectivity index (χ4n) is 1.61. The van der Waals surface area contributed by atoms with Crippen molar-refractivity contribution in [2.75, 3.05) is 0 Å². The minimum atomic E-state index is -0.151. The van der Waals surface area contributed by atoms with Crippen LogP contribution in [0.3, 0.4) is 0 Å². The molecule has 0 N–H and O–H groups in total. The van der Waals surface area contributed by atoms with E-state index in [1.54, 1.807) is 0 Å². The van der Waals surface area contributed by atoms with Crippen LogP contribution in [0, 0.1) is 0 Å². The number of hydrogen-bond acceptors (Lipinski definition) is 0. The van der Waals surface area contributed by atoms with Crippen LogP contribution in [0.4, 0.5) is 0 Å². The van der Waals surface area contributed by atoms with Gasteiger partial charge in [-0.1, -0.05) is 25.7 Å². The van der Waals surface area contributed by atoms with Crippen molar-refractivity contribution >= 4 is 23.2 Å². The lowest BCUT2D eigenvalue weighted by Crippen LogP contribution is -2.30. The molecule has 0 radical (unpaired) electrons. The maximum Gasteiger partial charge on any atom is 0.0581 e. The molecule has 0 saturated heterocycles. The van der Waals surface area contributed by atoms with Crippen LogP contribution in [0.25, 0.3) is 0 Å². The molecule has 0 nitrogen and oxygen atoms in total. The van der Waals surface area contributed by atoms with Gasteiger partial charge in [0.2, 0.25) is 0 Å². The van der Waals surface area contributed by atoms with E-state index in [1.807, 2.05) is 0 Å². The molecule has 2 heteroatoms. The largest absolute Gasteiger partial charge is 0.121 e.